The number of halogens is 2. The summed E-state index contributed by atoms with van der Waals surface area (Å²) in [6, 6.07) is 1.63. The van der Waals surface area contributed by atoms with Crippen LogP contribution >= 0.6 is 35.0 Å². The van der Waals surface area contributed by atoms with Gasteiger partial charge >= 0.3 is 5.97 Å². The summed E-state index contributed by atoms with van der Waals surface area (Å²) in [5, 5.41) is 0.773. The van der Waals surface area contributed by atoms with Crippen LogP contribution in [0.5, 0.6) is 0 Å². The fourth-order valence-electron chi connectivity index (χ4n) is 0.987. The quantitative estimate of drug-likeness (QED) is 0.794. The number of carbonyl (C=O) groups excluding carboxylic acids is 1. The molecule has 0 aliphatic heterocycles. The number of esters is 1. The van der Waals surface area contributed by atoms with Gasteiger partial charge in [-0.1, -0.05) is 23.2 Å². The predicted molar refractivity (Wildman–Crippen MR) is 67.0 cm³/mol. The first kappa shape index (κ1) is 13.6. The second-order valence-corrected chi connectivity index (χ2v) is 5.23. The van der Waals surface area contributed by atoms with E-state index >= 15 is 0 Å². The van der Waals surface area contributed by atoms with Gasteiger partial charge in [0.2, 0.25) is 0 Å². The third-order valence-electron chi connectivity index (χ3n) is 1.89. The summed E-state index contributed by atoms with van der Waals surface area (Å²) in [5.74, 6) is 0.293. The Morgan fingerprint density at radius 1 is 1.62 bits per heavy atom. The van der Waals surface area contributed by atoms with E-state index in [0.717, 1.165) is 0 Å². The number of pyridine rings is 1. The summed E-state index contributed by atoms with van der Waals surface area (Å²) in [6.07, 6.45) is 1.53. The number of hydrogen-bond acceptors (Lipinski definition) is 4. The van der Waals surface area contributed by atoms with Gasteiger partial charge in [-0.2, -0.15) is 0 Å². The van der Waals surface area contributed by atoms with Crippen molar-refractivity contribution in [3.63, 3.8) is 0 Å². The lowest BCUT2D eigenvalue weighted by Gasteiger charge is -2.09. The molecule has 0 spiro atoms. The van der Waals surface area contributed by atoms with Crippen LogP contribution in [-0.2, 0) is 15.3 Å². The van der Waals surface area contributed by atoms with Crippen molar-refractivity contribution in [3.8, 4) is 0 Å². The van der Waals surface area contributed by atoms with Gasteiger partial charge in [0.1, 0.15) is 0 Å². The van der Waals surface area contributed by atoms with E-state index in [0.29, 0.717) is 21.5 Å². The molecule has 16 heavy (non-hydrogen) atoms. The number of aromatic nitrogens is 1. The molecule has 1 atom stereocenters. The Kier molecular flexibility index (Phi) is 5.38. The number of ether oxygens (including phenoxy) is 1. The van der Waals surface area contributed by atoms with Crippen LogP contribution in [0.4, 0.5) is 0 Å². The van der Waals surface area contributed by atoms with Gasteiger partial charge in [0.15, 0.2) is 0 Å². The number of hydrogen-bond donors (Lipinski definition) is 0. The summed E-state index contributed by atoms with van der Waals surface area (Å²) in [6.45, 7) is 1.78. The van der Waals surface area contributed by atoms with Crippen molar-refractivity contribution in [1.29, 1.82) is 0 Å². The molecule has 0 saturated carbocycles. The molecule has 1 heterocycles. The number of methoxy groups -OCH3 is 1. The molecule has 0 saturated heterocycles. The maximum atomic E-state index is 11.2. The third-order valence-corrected chi connectivity index (χ3v) is 3.55. The van der Waals surface area contributed by atoms with Gasteiger partial charge in [0.05, 0.1) is 28.1 Å². The Bertz CT molecular complexity index is 387. The molecule has 0 aliphatic carbocycles. The lowest BCUT2D eigenvalue weighted by Crippen LogP contribution is -2.15. The Hall–Kier alpha value is -0.450. The van der Waals surface area contributed by atoms with E-state index in [2.05, 4.69) is 9.72 Å². The molecule has 0 N–H and O–H groups in total. The minimum atomic E-state index is -0.255. The highest BCUT2D eigenvalue weighted by atomic mass is 35.5. The normalized spacial score (nSPS) is 12.2. The van der Waals surface area contributed by atoms with Crippen molar-refractivity contribution in [2.24, 2.45) is 0 Å². The van der Waals surface area contributed by atoms with E-state index in [1.54, 1.807) is 13.0 Å². The number of thioether (sulfide) groups is 1. The van der Waals surface area contributed by atoms with Crippen molar-refractivity contribution >= 4 is 40.9 Å². The smallest absolute Gasteiger partial charge is 0.318 e. The lowest BCUT2D eigenvalue weighted by molar-refractivity contribution is -0.139. The average Bonchev–Trinajstić information content (AvgIpc) is 2.26. The van der Waals surface area contributed by atoms with E-state index < -0.39 is 0 Å². The van der Waals surface area contributed by atoms with Crippen LogP contribution in [0.3, 0.4) is 0 Å². The van der Waals surface area contributed by atoms with E-state index in [9.17, 15) is 4.79 Å². The first-order valence-corrected chi connectivity index (χ1v) is 6.34. The second kappa shape index (κ2) is 6.33. The van der Waals surface area contributed by atoms with Crippen molar-refractivity contribution in [1.82, 2.24) is 4.98 Å². The third kappa shape index (κ3) is 3.85. The van der Waals surface area contributed by atoms with Gasteiger partial charge in [-0.05, 0) is 13.0 Å². The van der Waals surface area contributed by atoms with E-state index in [4.69, 9.17) is 23.2 Å². The number of rotatable bonds is 4. The van der Waals surface area contributed by atoms with Crippen molar-refractivity contribution in [2.45, 2.75) is 17.9 Å². The molecule has 0 aliphatic rings. The summed E-state index contributed by atoms with van der Waals surface area (Å²) < 4.78 is 4.62. The molecular weight excluding hydrogens is 269 g/mol. The predicted octanol–water partition coefficient (Wildman–Crippen LogP) is 3.18. The Morgan fingerprint density at radius 3 is 2.88 bits per heavy atom. The fourth-order valence-corrected chi connectivity index (χ4v) is 2.38. The second-order valence-electron chi connectivity index (χ2n) is 3.06. The minimum Gasteiger partial charge on any atom is -0.468 e. The van der Waals surface area contributed by atoms with Crippen molar-refractivity contribution in [3.05, 3.63) is 28.0 Å². The highest BCUT2D eigenvalue weighted by Gasteiger charge is 2.14. The van der Waals surface area contributed by atoms with Gasteiger partial charge in [-0.15, -0.1) is 11.8 Å². The summed E-state index contributed by atoms with van der Waals surface area (Å²) in [7, 11) is 1.37. The monoisotopic (exact) mass is 279 g/mol. The summed E-state index contributed by atoms with van der Waals surface area (Å²) in [4.78, 5) is 15.3. The average molecular weight is 280 g/mol. The van der Waals surface area contributed by atoms with Crippen LogP contribution in [0, 0.1) is 0 Å². The maximum Gasteiger partial charge on any atom is 0.318 e. The number of nitrogens with zero attached hydrogens (tertiary/aromatic N) is 1. The zero-order valence-electron chi connectivity index (χ0n) is 8.87. The molecule has 0 bridgehead atoms. The Balaban J connectivity index is 2.58. The molecule has 0 unspecified atom stereocenters. The van der Waals surface area contributed by atoms with Gasteiger partial charge in [0, 0.05) is 11.9 Å². The molecule has 1 rings (SSSR count). The number of carbonyl (C=O) groups is 1. The lowest BCUT2D eigenvalue weighted by atomic mass is 10.4. The van der Waals surface area contributed by atoms with Crippen molar-refractivity contribution in [2.75, 3.05) is 7.11 Å². The largest absolute Gasteiger partial charge is 0.468 e. The highest BCUT2D eigenvalue weighted by molar-refractivity contribution is 7.99. The maximum absolute atomic E-state index is 11.2. The zero-order chi connectivity index (χ0) is 12.1. The van der Waals surface area contributed by atoms with E-state index in [1.807, 2.05) is 0 Å². The molecule has 0 aromatic carbocycles. The SMILES string of the molecule is COC(=O)[C@H](C)SCc1ncc(Cl)cc1Cl. The first-order chi connectivity index (χ1) is 7.54. The van der Waals surface area contributed by atoms with Crippen LogP contribution in [0.2, 0.25) is 10.0 Å². The summed E-state index contributed by atoms with van der Waals surface area (Å²) in [5.41, 5.74) is 0.715. The molecule has 6 heteroatoms. The van der Waals surface area contributed by atoms with Gasteiger partial charge < -0.3 is 4.74 Å². The van der Waals surface area contributed by atoms with Crippen LogP contribution in [0.1, 0.15) is 12.6 Å². The summed E-state index contributed by atoms with van der Waals surface area (Å²) >= 11 is 13.1. The first-order valence-electron chi connectivity index (χ1n) is 4.54. The van der Waals surface area contributed by atoms with Crippen molar-refractivity contribution < 1.29 is 9.53 Å². The fraction of sp³-hybridized carbons (Fsp3) is 0.400. The van der Waals surface area contributed by atoms with Crippen LogP contribution in [0.25, 0.3) is 0 Å². The molecule has 0 fully saturated rings. The highest BCUT2D eigenvalue weighted by Crippen LogP contribution is 2.24. The van der Waals surface area contributed by atoms with Gasteiger partial charge in [0.25, 0.3) is 0 Å². The molecule has 88 valence electrons. The minimum absolute atomic E-state index is 0.237. The van der Waals surface area contributed by atoms with E-state index in [-0.39, 0.29) is 11.2 Å². The topological polar surface area (TPSA) is 39.2 Å². The molecule has 0 amide bonds. The molecule has 0 radical (unpaired) electrons. The molecule has 1 aromatic heterocycles. The Labute approximate surface area is 108 Å². The van der Waals surface area contributed by atoms with Gasteiger partial charge in [-0.3, -0.25) is 9.78 Å². The van der Waals surface area contributed by atoms with Gasteiger partial charge in [-0.25, -0.2) is 0 Å². The molecule has 1 aromatic rings. The van der Waals surface area contributed by atoms with E-state index in [1.165, 1.54) is 25.1 Å². The van der Waals surface area contributed by atoms with Crippen LogP contribution < -0.4 is 0 Å². The Morgan fingerprint density at radius 2 is 2.31 bits per heavy atom. The zero-order valence-corrected chi connectivity index (χ0v) is 11.2. The van der Waals surface area contributed by atoms with Crippen LogP contribution in [0.15, 0.2) is 12.3 Å². The molecule has 3 nitrogen and oxygen atoms in total. The van der Waals surface area contributed by atoms with Crippen LogP contribution in [-0.4, -0.2) is 23.3 Å². The molecular formula is C10H11Cl2NO2S. The standard InChI is InChI=1S/C10H11Cl2NO2S/c1-6(10(14)15-2)16-5-9-8(12)3-7(11)4-13-9/h3-4,6H,5H2,1-2H3/t6-/m0/s1.